The van der Waals surface area contributed by atoms with Gasteiger partial charge in [-0.05, 0) is 42.5 Å². The molecule has 2 aromatic carbocycles. The van der Waals surface area contributed by atoms with Crippen molar-refractivity contribution in [3.63, 3.8) is 0 Å². The summed E-state index contributed by atoms with van der Waals surface area (Å²) in [5.74, 6) is 1.05. The monoisotopic (exact) mass is 475 g/mol. The van der Waals surface area contributed by atoms with Crippen LogP contribution in [0.5, 0.6) is 5.75 Å². The number of amides is 1. The van der Waals surface area contributed by atoms with Gasteiger partial charge < -0.3 is 29.7 Å². The molecular weight excluding hydrogens is 446 g/mol. The van der Waals surface area contributed by atoms with Crippen LogP contribution in [-0.2, 0) is 9.47 Å². The minimum Gasteiger partial charge on any atom is -0.497 e. The molecule has 2 saturated heterocycles. The Kier molecular flexibility index (Phi) is 6.52. The van der Waals surface area contributed by atoms with Crippen LogP contribution < -0.4 is 20.3 Å². The molecule has 0 bridgehead atoms. The highest BCUT2D eigenvalue weighted by molar-refractivity contribution is 5.94. The van der Waals surface area contributed by atoms with Gasteiger partial charge in [-0.15, -0.1) is 0 Å². The van der Waals surface area contributed by atoms with Gasteiger partial charge in [-0.2, -0.15) is 0 Å². The Morgan fingerprint density at radius 2 is 1.66 bits per heavy atom. The molecular formula is C26H29N5O4. The number of nitrogens with one attached hydrogen (secondary N) is 2. The van der Waals surface area contributed by atoms with Gasteiger partial charge in [-0.1, -0.05) is 12.1 Å². The van der Waals surface area contributed by atoms with E-state index in [0.29, 0.717) is 30.5 Å². The van der Waals surface area contributed by atoms with Gasteiger partial charge in [0, 0.05) is 37.1 Å². The molecule has 2 aliphatic heterocycles. The molecule has 2 N–H and O–H groups in total. The number of benzene rings is 2. The number of rotatable bonds is 7. The van der Waals surface area contributed by atoms with E-state index >= 15 is 0 Å². The standard InChI is InChI=1S/C26H29N5O4/c1-31(2)18-8-4-16(5-9-18)20-12-13-27-26(29-20)30-22-15-35-23-21(14-34-24(22)23)28-25(32)17-6-10-19(33-3)11-7-17/h4-13,21-24H,14-15H2,1-3H3,(H,28,32)(H,27,29,30). The number of nitrogens with zero attached hydrogens (tertiary/aromatic N) is 3. The lowest BCUT2D eigenvalue weighted by Gasteiger charge is -2.18. The van der Waals surface area contributed by atoms with E-state index in [0.717, 1.165) is 16.9 Å². The molecule has 0 aliphatic carbocycles. The number of aromatic nitrogens is 2. The highest BCUT2D eigenvalue weighted by Crippen LogP contribution is 2.29. The zero-order chi connectivity index (χ0) is 24.4. The summed E-state index contributed by atoms with van der Waals surface area (Å²) in [4.78, 5) is 23.8. The van der Waals surface area contributed by atoms with Gasteiger partial charge in [-0.3, -0.25) is 4.79 Å². The fourth-order valence-corrected chi connectivity index (χ4v) is 4.43. The van der Waals surface area contributed by atoms with E-state index in [1.165, 1.54) is 0 Å². The molecule has 3 aromatic rings. The maximum Gasteiger partial charge on any atom is 0.251 e. The third-order valence-electron chi connectivity index (χ3n) is 6.37. The summed E-state index contributed by atoms with van der Waals surface area (Å²) in [6.07, 6.45) is 1.30. The van der Waals surface area contributed by atoms with Crippen molar-refractivity contribution in [2.24, 2.45) is 0 Å². The van der Waals surface area contributed by atoms with Crippen LogP contribution in [0, 0.1) is 0 Å². The van der Waals surface area contributed by atoms with Crippen molar-refractivity contribution < 1.29 is 19.0 Å². The van der Waals surface area contributed by atoms with Crippen molar-refractivity contribution in [1.82, 2.24) is 15.3 Å². The molecule has 0 spiro atoms. The highest BCUT2D eigenvalue weighted by atomic mass is 16.6. The molecule has 0 saturated carbocycles. The first-order valence-electron chi connectivity index (χ1n) is 11.6. The molecule has 182 valence electrons. The minimum atomic E-state index is -0.239. The van der Waals surface area contributed by atoms with Crippen LogP contribution in [0.2, 0.25) is 0 Å². The number of carbonyl (C=O) groups excluding carboxylic acids is 1. The number of hydrogen-bond donors (Lipinski definition) is 2. The van der Waals surface area contributed by atoms with Crippen molar-refractivity contribution in [3.05, 3.63) is 66.4 Å². The molecule has 3 heterocycles. The Morgan fingerprint density at radius 3 is 2.34 bits per heavy atom. The van der Waals surface area contributed by atoms with Crippen LogP contribution in [0.3, 0.4) is 0 Å². The summed E-state index contributed by atoms with van der Waals surface area (Å²) in [6, 6.07) is 16.8. The molecule has 1 amide bonds. The number of ether oxygens (including phenoxy) is 3. The van der Waals surface area contributed by atoms with E-state index < -0.39 is 0 Å². The summed E-state index contributed by atoms with van der Waals surface area (Å²) in [5.41, 5.74) is 3.54. The van der Waals surface area contributed by atoms with E-state index in [1.807, 2.05) is 32.3 Å². The lowest BCUT2D eigenvalue weighted by Crippen LogP contribution is -2.44. The Balaban J connectivity index is 1.21. The Morgan fingerprint density at radius 1 is 0.971 bits per heavy atom. The molecule has 35 heavy (non-hydrogen) atoms. The first-order valence-corrected chi connectivity index (χ1v) is 11.6. The second-order valence-corrected chi connectivity index (χ2v) is 8.86. The Hall–Kier alpha value is -3.69. The third-order valence-corrected chi connectivity index (χ3v) is 6.37. The van der Waals surface area contributed by atoms with Crippen molar-refractivity contribution in [2.75, 3.05) is 44.6 Å². The first kappa shape index (κ1) is 23.1. The van der Waals surface area contributed by atoms with Crippen LogP contribution in [0.4, 0.5) is 11.6 Å². The smallest absolute Gasteiger partial charge is 0.251 e. The van der Waals surface area contributed by atoms with Gasteiger partial charge in [0.1, 0.15) is 18.0 Å². The number of fused-ring (bicyclic) bond motifs is 1. The predicted molar refractivity (Wildman–Crippen MR) is 133 cm³/mol. The largest absolute Gasteiger partial charge is 0.497 e. The van der Waals surface area contributed by atoms with Crippen LogP contribution in [0.15, 0.2) is 60.8 Å². The van der Waals surface area contributed by atoms with Gasteiger partial charge in [0.2, 0.25) is 5.95 Å². The SMILES string of the molecule is COc1ccc(C(=O)NC2COC3C(Nc4nccc(-c5ccc(N(C)C)cc5)n4)COC23)cc1. The Labute approximate surface area is 204 Å². The van der Waals surface area contributed by atoms with Crippen LogP contribution in [-0.4, -0.2) is 74.6 Å². The fourth-order valence-electron chi connectivity index (χ4n) is 4.43. The molecule has 2 aliphatic rings. The lowest BCUT2D eigenvalue weighted by molar-refractivity contribution is 0.0652. The van der Waals surface area contributed by atoms with Crippen LogP contribution in [0.1, 0.15) is 10.4 Å². The number of anilines is 2. The summed E-state index contributed by atoms with van der Waals surface area (Å²) in [7, 11) is 5.62. The first-order chi connectivity index (χ1) is 17.0. The number of hydrogen-bond acceptors (Lipinski definition) is 8. The van der Waals surface area contributed by atoms with Crippen LogP contribution in [0.25, 0.3) is 11.3 Å². The quantitative estimate of drug-likeness (QED) is 0.538. The summed E-state index contributed by atoms with van der Waals surface area (Å²) < 4.78 is 17.2. The summed E-state index contributed by atoms with van der Waals surface area (Å²) in [6.45, 7) is 0.823. The summed E-state index contributed by atoms with van der Waals surface area (Å²) >= 11 is 0. The predicted octanol–water partition coefficient (Wildman–Crippen LogP) is 2.59. The second-order valence-electron chi connectivity index (χ2n) is 8.86. The topological polar surface area (TPSA) is 97.8 Å². The van der Waals surface area contributed by atoms with E-state index in [4.69, 9.17) is 14.2 Å². The zero-order valence-electron chi connectivity index (χ0n) is 20.0. The molecule has 0 radical (unpaired) electrons. The average Bonchev–Trinajstić information content (AvgIpc) is 3.47. The second kappa shape index (κ2) is 9.89. The minimum absolute atomic E-state index is 0.116. The summed E-state index contributed by atoms with van der Waals surface area (Å²) in [5, 5.41) is 6.40. The van der Waals surface area contributed by atoms with Crippen LogP contribution >= 0.6 is 0 Å². The van der Waals surface area contributed by atoms with E-state index in [-0.39, 0.29) is 30.2 Å². The van der Waals surface area contributed by atoms with Gasteiger partial charge in [0.15, 0.2) is 0 Å². The molecule has 5 rings (SSSR count). The van der Waals surface area contributed by atoms with Crippen molar-refractivity contribution in [1.29, 1.82) is 0 Å². The molecule has 9 nitrogen and oxygen atoms in total. The number of methoxy groups -OCH3 is 1. The maximum atomic E-state index is 12.7. The zero-order valence-corrected chi connectivity index (χ0v) is 20.0. The van der Waals surface area contributed by atoms with Crippen molar-refractivity contribution in [3.8, 4) is 17.0 Å². The Bertz CT molecular complexity index is 1170. The molecule has 2 fully saturated rings. The maximum absolute atomic E-state index is 12.7. The lowest BCUT2D eigenvalue weighted by atomic mass is 10.1. The fraction of sp³-hybridized carbons (Fsp3) is 0.346. The number of carbonyl (C=O) groups is 1. The van der Waals surface area contributed by atoms with Gasteiger partial charge in [0.25, 0.3) is 5.91 Å². The average molecular weight is 476 g/mol. The van der Waals surface area contributed by atoms with Gasteiger partial charge >= 0.3 is 0 Å². The molecule has 4 unspecified atom stereocenters. The molecule has 4 atom stereocenters. The van der Waals surface area contributed by atoms with E-state index in [9.17, 15) is 4.79 Å². The molecule has 9 heteroatoms. The highest BCUT2D eigenvalue weighted by Gasteiger charge is 2.48. The van der Waals surface area contributed by atoms with Crippen molar-refractivity contribution in [2.45, 2.75) is 24.3 Å². The van der Waals surface area contributed by atoms with Gasteiger partial charge in [-0.25, -0.2) is 9.97 Å². The van der Waals surface area contributed by atoms with E-state index in [2.05, 4.69) is 37.6 Å². The third kappa shape index (κ3) is 4.91. The molecule has 1 aromatic heterocycles. The van der Waals surface area contributed by atoms with Crippen molar-refractivity contribution >= 4 is 17.5 Å². The van der Waals surface area contributed by atoms with E-state index in [1.54, 1.807) is 37.6 Å². The normalized spacial score (nSPS) is 22.9. The van der Waals surface area contributed by atoms with Gasteiger partial charge in [0.05, 0.1) is 38.1 Å².